The Balaban J connectivity index is 2.00. The highest BCUT2D eigenvalue weighted by molar-refractivity contribution is 9.10. The number of rotatable bonds is 4. The Hall–Kier alpha value is -1.99. The lowest BCUT2D eigenvalue weighted by Gasteiger charge is -2.21. The standard InChI is InChI=1S/C20H21BrN2O3S/c1-12-6-8-14(9-7-12)27-17-13(2)22-23(20(3,4)5)18(17)26-19(24)15-10-11-16(21)25-15/h6-11H,1-5H3. The minimum absolute atomic E-state index is 0.132. The van der Waals surface area contributed by atoms with Crippen molar-refractivity contribution in [1.29, 1.82) is 0 Å². The molecular formula is C20H21BrN2O3S. The molecule has 0 bridgehead atoms. The summed E-state index contributed by atoms with van der Waals surface area (Å²) in [6.45, 7) is 10.0. The summed E-state index contributed by atoms with van der Waals surface area (Å²) >= 11 is 4.73. The van der Waals surface area contributed by atoms with Gasteiger partial charge in [-0.05, 0) is 74.8 Å². The van der Waals surface area contributed by atoms with Crippen molar-refractivity contribution in [3.63, 3.8) is 0 Å². The zero-order chi connectivity index (χ0) is 19.8. The van der Waals surface area contributed by atoms with Crippen LogP contribution in [0.2, 0.25) is 0 Å². The molecule has 0 aliphatic carbocycles. The molecular weight excluding hydrogens is 428 g/mol. The third-order valence-electron chi connectivity index (χ3n) is 3.81. The molecule has 0 aliphatic rings. The predicted molar refractivity (Wildman–Crippen MR) is 109 cm³/mol. The molecule has 0 amide bonds. The lowest BCUT2D eigenvalue weighted by Crippen LogP contribution is -2.25. The number of furan rings is 1. The smallest absolute Gasteiger partial charge is 0.381 e. The number of halogens is 1. The maximum atomic E-state index is 12.6. The van der Waals surface area contributed by atoms with E-state index in [0.29, 0.717) is 10.5 Å². The van der Waals surface area contributed by atoms with Crippen LogP contribution >= 0.6 is 27.7 Å². The van der Waals surface area contributed by atoms with Crippen molar-refractivity contribution in [2.24, 2.45) is 0 Å². The molecule has 3 aromatic rings. The van der Waals surface area contributed by atoms with E-state index in [1.165, 1.54) is 17.3 Å². The molecule has 2 aromatic heterocycles. The Morgan fingerprint density at radius 1 is 1.15 bits per heavy atom. The van der Waals surface area contributed by atoms with Crippen LogP contribution in [-0.4, -0.2) is 15.7 Å². The molecule has 0 fully saturated rings. The van der Waals surface area contributed by atoms with E-state index < -0.39 is 5.97 Å². The summed E-state index contributed by atoms with van der Waals surface area (Å²) in [4.78, 5) is 14.4. The molecule has 0 saturated carbocycles. The van der Waals surface area contributed by atoms with E-state index >= 15 is 0 Å². The number of carbonyl (C=O) groups excluding carboxylic acids is 1. The Morgan fingerprint density at radius 3 is 2.37 bits per heavy atom. The maximum absolute atomic E-state index is 12.6. The molecule has 7 heteroatoms. The molecule has 0 radical (unpaired) electrons. The van der Waals surface area contributed by atoms with Crippen molar-refractivity contribution in [2.45, 2.75) is 49.9 Å². The molecule has 0 N–H and O–H groups in total. The van der Waals surface area contributed by atoms with E-state index in [-0.39, 0.29) is 11.3 Å². The highest BCUT2D eigenvalue weighted by Gasteiger charge is 2.28. The van der Waals surface area contributed by atoms with Crippen molar-refractivity contribution >= 4 is 33.7 Å². The van der Waals surface area contributed by atoms with E-state index in [0.717, 1.165) is 15.5 Å². The summed E-state index contributed by atoms with van der Waals surface area (Å²) in [6.07, 6.45) is 0. The van der Waals surface area contributed by atoms with Gasteiger partial charge in [-0.2, -0.15) is 5.10 Å². The molecule has 3 rings (SSSR count). The fourth-order valence-electron chi connectivity index (χ4n) is 2.44. The Morgan fingerprint density at radius 2 is 1.81 bits per heavy atom. The zero-order valence-electron chi connectivity index (χ0n) is 15.9. The van der Waals surface area contributed by atoms with Gasteiger partial charge in [0.05, 0.1) is 16.1 Å². The number of esters is 1. The van der Waals surface area contributed by atoms with E-state index in [1.807, 2.05) is 46.8 Å². The number of hydrogen-bond donors (Lipinski definition) is 0. The largest absolute Gasteiger partial charge is 0.442 e. The monoisotopic (exact) mass is 448 g/mol. The van der Waals surface area contributed by atoms with Crippen molar-refractivity contribution in [3.05, 3.63) is 58.1 Å². The summed E-state index contributed by atoms with van der Waals surface area (Å²) in [6, 6.07) is 11.4. The quantitative estimate of drug-likeness (QED) is 0.459. The van der Waals surface area contributed by atoms with Gasteiger partial charge in [-0.15, -0.1) is 0 Å². The molecule has 2 heterocycles. The fraction of sp³-hybridized carbons (Fsp3) is 0.300. The number of aryl methyl sites for hydroxylation is 2. The van der Waals surface area contributed by atoms with Gasteiger partial charge in [0.15, 0.2) is 4.67 Å². The van der Waals surface area contributed by atoms with Crippen LogP contribution in [-0.2, 0) is 5.54 Å². The molecule has 0 atom stereocenters. The van der Waals surface area contributed by atoms with Crippen molar-refractivity contribution in [2.75, 3.05) is 0 Å². The predicted octanol–water partition coefficient (Wildman–Crippen LogP) is 5.98. The number of carbonyl (C=O) groups is 1. The zero-order valence-corrected chi connectivity index (χ0v) is 18.3. The van der Waals surface area contributed by atoms with Crippen LogP contribution in [0.1, 0.15) is 42.6 Å². The fourth-order valence-corrected chi connectivity index (χ4v) is 3.66. The summed E-state index contributed by atoms with van der Waals surface area (Å²) in [5.74, 6) is -0.00701. The Kier molecular flexibility index (Phi) is 5.53. The topological polar surface area (TPSA) is 57.3 Å². The first kappa shape index (κ1) is 19.8. The van der Waals surface area contributed by atoms with Gasteiger partial charge in [0, 0.05) is 4.90 Å². The van der Waals surface area contributed by atoms with Gasteiger partial charge in [-0.3, -0.25) is 0 Å². The molecule has 27 heavy (non-hydrogen) atoms. The van der Waals surface area contributed by atoms with Gasteiger partial charge in [-0.25, -0.2) is 9.48 Å². The average molecular weight is 449 g/mol. The summed E-state index contributed by atoms with van der Waals surface area (Å²) in [7, 11) is 0. The minimum atomic E-state index is -0.558. The van der Waals surface area contributed by atoms with E-state index in [2.05, 4.69) is 33.2 Å². The molecule has 0 spiro atoms. The van der Waals surface area contributed by atoms with Crippen LogP contribution < -0.4 is 4.74 Å². The number of nitrogens with zero attached hydrogens (tertiary/aromatic N) is 2. The van der Waals surface area contributed by atoms with Crippen molar-refractivity contribution < 1.29 is 13.9 Å². The van der Waals surface area contributed by atoms with Crippen LogP contribution in [0.15, 0.2) is 55.3 Å². The van der Waals surface area contributed by atoms with Gasteiger partial charge in [-0.1, -0.05) is 29.5 Å². The second-order valence-electron chi connectivity index (χ2n) is 7.21. The second kappa shape index (κ2) is 7.56. The first-order valence-corrected chi connectivity index (χ1v) is 10.1. The van der Waals surface area contributed by atoms with Crippen LogP contribution in [0.3, 0.4) is 0 Å². The molecule has 1 aromatic carbocycles. The second-order valence-corrected chi connectivity index (χ2v) is 9.08. The van der Waals surface area contributed by atoms with Gasteiger partial charge < -0.3 is 9.15 Å². The highest BCUT2D eigenvalue weighted by atomic mass is 79.9. The molecule has 0 saturated heterocycles. The lowest BCUT2D eigenvalue weighted by atomic mass is 10.1. The third kappa shape index (κ3) is 4.47. The highest BCUT2D eigenvalue weighted by Crippen LogP contribution is 2.40. The van der Waals surface area contributed by atoms with E-state index in [1.54, 1.807) is 16.8 Å². The number of ether oxygens (including phenoxy) is 1. The Bertz CT molecular complexity index is 968. The number of benzene rings is 1. The van der Waals surface area contributed by atoms with Gasteiger partial charge in [0.25, 0.3) is 0 Å². The third-order valence-corrected chi connectivity index (χ3v) is 5.41. The lowest BCUT2D eigenvalue weighted by molar-refractivity contribution is 0.0669. The Labute approximate surface area is 171 Å². The first-order chi connectivity index (χ1) is 12.6. The van der Waals surface area contributed by atoms with Crippen molar-refractivity contribution in [1.82, 2.24) is 9.78 Å². The molecule has 142 valence electrons. The van der Waals surface area contributed by atoms with Crippen LogP contribution in [0.4, 0.5) is 0 Å². The number of aromatic nitrogens is 2. The van der Waals surface area contributed by atoms with Gasteiger partial charge >= 0.3 is 5.97 Å². The summed E-state index contributed by atoms with van der Waals surface area (Å²) < 4.78 is 13.3. The van der Waals surface area contributed by atoms with Crippen molar-refractivity contribution in [3.8, 4) is 5.88 Å². The molecule has 5 nitrogen and oxygen atoms in total. The normalized spacial score (nSPS) is 11.6. The van der Waals surface area contributed by atoms with Gasteiger partial charge in [0.1, 0.15) is 0 Å². The van der Waals surface area contributed by atoms with E-state index in [9.17, 15) is 4.79 Å². The van der Waals surface area contributed by atoms with Crippen LogP contribution in [0.5, 0.6) is 5.88 Å². The maximum Gasteiger partial charge on any atom is 0.381 e. The first-order valence-electron chi connectivity index (χ1n) is 8.47. The summed E-state index contributed by atoms with van der Waals surface area (Å²) in [5, 5.41) is 4.63. The van der Waals surface area contributed by atoms with Crippen LogP contribution in [0, 0.1) is 13.8 Å². The van der Waals surface area contributed by atoms with Gasteiger partial charge in [0.2, 0.25) is 11.6 Å². The average Bonchev–Trinajstić information content (AvgIpc) is 3.15. The number of hydrogen-bond acceptors (Lipinski definition) is 5. The van der Waals surface area contributed by atoms with E-state index in [4.69, 9.17) is 9.15 Å². The van der Waals surface area contributed by atoms with Crippen LogP contribution in [0.25, 0.3) is 0 Å². The minimum Gasteiger partial charge on any atom is -0.442 e. The molecule has 0 aliphatic heterocycles. The molecule has 0 unspecified atom stereocenters. The SMILES string of the molecule is Cc1ccc(Sc2c(C)nn(C(C)(C)C)c2OC(=O)c2ccc(Br)o2)cc1. The summed E-state index contributed by atoms with van der Waals surface area (Å²) in [5.41, 5.74) is 1.64.